The second-order valence-corrected chi connectivity index (χ2v) is 4.92. The van der Waals surface area contributed by atoms with Crippen LogP contribution >= 0.6 is 11.9 Å². The van der Waals surface area contributed by atoms with E-state index in [1.165, 1.54) is 24.1 Å². The zero-order valence-corrected chi connectivity index (χ0v) is 11.6. The Morgan fingerprint density at radius 2 is 2.00 bits per heavy atom. The first kappa shape index (κ1) is 13.5. The first-order valence-electron chi connectivity index (χ1n) is 5.72. The molecule has 0 aliphatic carbocycles. The number of halogens is 1. The number of aryl methyl sites for hydroxylation is 1. The van der Waals surface area contributed by atoms with E-state index in [1.807, 2.05) is 19.1 Å². The second-order valence-electron chi connectivity index (χ2n) is 4.07. The predicted octanol–water partition coefficient (Wildman–Crippen LogP) is 3.84. The van der Waals surface area contributed by atoms with Gasteiger partial charge in [-0.15, -0.1) is 0 Å². The van der Waals surface area contributed by atoms with Crippen molar-refractivity contribution in [1.29, 1.82) is 0 Å². The van der Waals surface area contributed by atoms with Gasteiger partial charge in [-0.2, -0.15) is 0 Å². The van der Waals surface area contributed by atoms with Crippen molar-refractivity contribution >= 4 is 23.3 Å². The molecule has 0 saturated carbocycles. The van der Waals surface area contributed by atoms with E-state index in [1.54, 1.807) is 19.2 Å². The highest BCUT2D eigenvalue weighted by Gasteiger charge is 2.06. The van der Waals surface area contributed by atoms with E-state index in [0.29, 0.717) is 5.69 Å². The molecule has 0 bridgehead atoms. The van der Waals surface area contributed by atoms with Crippen LogP contribution in [-0.2, 0) is 0 Å². The highest BCUT2D eigenvalue weighted by molar-refractivity contribution is 8.00. The van der Waals surface area contributed by atoms with Gasteiger partial charge in [0.05, 0.1) is 12.0 Å². The van der Waals surface area contributed by atoms with E-state index in [9.17, 15) is 4.39 Å². The number of hydrogen-bond donors (Lipinski definition) is 2. The van der Waals surface area contributed by atoms with Crippen molar-refractivity contribution in [3.63, 3.8) is 0 Å². The van der Waals surface area contributed by atoms with Crippen molar-refractivity contribution in [3.05, 3.63) is 47.8 Å². The molecule has 2 aromatic rings. The highest BCUT2D eigenvalue weighted by Crippen LogP contribution is 2.32. The fourth-order valence-corrected chi connectivity index (χ4v) is 2.52. The number of nitrogens with one attached hydrogen (secondary N) is 1. The molecule has 0 amide bonds. The third-order valence-electron chi connectivity index (χ3n) is 2.65. The fraction of sp³-hybridized carbons (Fsp3) is 0.143. The molecule has 0 aliphatic rings. The minimum atomic E-state index is -0.241. The maximum absolute atomic E-state index is 13.0. The smallest absolute Gasteiger partial charge is 0.134 e. The number of benzene rings is 2. The van der Waals surface area contributed by atoms with Crippen LogP contribution < -0.4 is 15.2 Å². The maximum atomic E-state index is 13.0. The summed E-state index contributed by atoms with van der Waals surface area (Å²) in [5.41, 5.74) is 8.12. The standard InChI is InChI=1S/C14H15FN2OS/c1-9-7-10(15)3-5-12(9)17-19-14-8-11(16)4-6-13(14)18-2/h3-8,17H,16H2,1-2H3. The molecule has 0 aromatic heterocycles. The van der Waals surface area contributed by atoms with E-state index in [2.05, 4.69) is 4.72 Å². The second kappa shape index (κ2) is 5.84. The topological polar surface area (TPSA) is 47.3 Å². The molecule has 0 atom stereocenters. The third-order valence-corrected chi connectivity index (χ3v) is 3.51. The van der Waals surface area contributed by atoms with Crippen molar-refractivity contribution in [2.45, 2.75) is 11.8 Å². The summed E-state index contributed by atoms with van der Waals surface area (Å²) in [6, 6.07) is 10.0. The van der Waals surface area contributed by atoms with Crippen LogP contribution in [0, 0.1) is 12.7 Å². The first-order valence-corrected chi connectivity index (χ1v) is 6.54. The molecule has 0 fully saturated rings. The molecule has 3 nitrogen and oxygen atoms in total. The fourth-order valence-electron chi connectivity index (χ4n) is 1.62. The van der Waals surface area contributed by atoms with Crippen LogP contribution in [-0.4, -0.2) is 7.11 Å². The summed E-state index contributed by atoms with van der Waals surface area (Å²) in [6.45, 7) is 1.85. The van der Waals surface area contributed by atoms with Gasteiger partial charge in [0.15, 0.2) is 0 Å². The monoisotopic (exact) mass is 278 g/mol. The lowest BCUT2D eigenvalue weighted by Gasteiger charge is -2.11. The number of rotatable bonds is 4. The van der Waals surface area contributed by atoms with Crippen molar-refractivity contribution in [3.8, 4) is 5.75 Å². The van der Waals surface area contributed by atoms with Gasteiger partial charge < -0.3 is 15.2 Å². The Morgan fingerprint density at radius 1 is 1.21 bits per heavy atom. The molecule has 0 saturated heterocycles. The minimum Gasteiger partial charge on any atom is -0.496 e. The Bertz CT molecular complexity index is 590. The Morgan fingerprint density at radius 3 is 2.68 bits per heavy atom. The van der Waals surface area contributed by atoms with Gasteiger partial charge >= 0.3 is 0 Å². The summed E-state index contributed by atoms with van der Waals surface area (Å²) >= 11 is 1.38. The molecule has 0 radical (unpaired) electrons. The van der Waals surface area contributed by atoms with Crippen molar-refractivity contribution < 1.29 is 9.13 Å². The molecule has 5 heteroatoms. The van der Waals surface area contributed by atoms with Gasteiger partial charge in [-0.05, 0) is 60.8 Å². The molecule has 0 spiro atoms. The van der Waals surface area contributed by atoms with Gasteiger partial charge in [-0.1, -0.05) is 0 Å². The van der Waals surface area contributed by atoms with Crippen LogP contribution in [0.5, 0.6) is 5.75 Å². The Balaban J connectivity index is 2.16. The van der Waals surface area contributed by atoms with E-state index >= 15 is 0 Å². The molecule has 2 aromatic carbocycles. The molecule has 0 heterocycles. The van der Waals surface area contributed by atoms with E-state index in [-0.39, 0.29) is 5.82 Å². The van der Waals surface area contributed by atoms with Crippen LogP contribution in [0.15, 0.2) is 41.3 Å². The lowest BCUT2D eigenvalue weighted by Crippen LogP contribution is -1.94. The molecule has 100 valence electrons. The van der Waals surface area contributed by atoms with Gasteiger partial charge in [0.1, 0.15) is 11.6 Å². The minimum absolute atomic E-state index is 0.241. The number of nitrogen functional groups attached to an aromatic ring is 1. The third kappa shape index (κ3) is 3.32. The molecule has 2 rings (SSSR count). The Kier molecular flexibility index (Phi) is 4.16. The van der Waals surface area contributed by atoms with Crippen molar-refractivity contribution in [1.82, 2.24) is 0 Å². The van der Waals surface area contributed by atoms with Gasteiger partial charge in [-0.25, -0.2) is 4.39 Å². The molecule has 0 aliphatic heterocycles. The molecule has 0 unspecified atom stereocenters. The Labute approximate surface area is 116 Å². The van der Waals surface area contributed by atoms with Gasteiger partial charge in [0.2, 0.25) is 0 Å². The van der Waals surface area contributed by atoms with Crippen LogP contribution in [0.3, 0.4) is 0 Å². The van der Waals surface area contributed by atoms with Crippen LogP contribution in [0.2, 0.25) is 0 Å². The number of ether oxygens (including phenoxy) is 1. The largest absolute Gasteiger partial charge is 0.496 e. The van der Waals surface area contributed by atoms with Gasteiger partial charge in [-0.3, -0.25) is 0 Å². The maximum Gasteiger partial charge on any atom is 0.134 e. The summed E-state index contributed by atoms with van der Waals surface area (Å²) in [6.07, 6.45) is 0. The van der Waals surface area contributed by atoms with Crippen molar-refractivity contribution in [2.75, 3.05) is 17.6 Å². The van der Waals surface area contributed by atoms with Crippen LogP contribution in [0.4, 0.5) is 15.8 Å². The summed E-state index contributed by atoms with van der Waals surface area (Å²) in [5, 5.41) is 0. The van der Waals surface area contributed by atoms with E-state index in [0.717, 1.165) is 21.9 Å². The number of anilines is 2. The highest BCUT2D eigenvalue weighted by atomic mass is 32.2. The van der Waals surface area contributed by atoms with Crippen LogP contribution in [0.1, 0.15) is 5.56 Å². The average Bonchev–Trinajstić information content (AvgIpc) is 2.38. The summed E-state index contributed by atoms with van der Waals surface area (Å²) in [4.78, 5) is 0.881. The summed E-state index contributed by atoms with van der Waals surface area (Å²) < 4.78 is 21.4. The lowest BCUT2D eigenvalue weighted by atomic mass is 10.2. The SMILES string of the molecule is COc1ccc(N)cc1SNc1ccc(F)cc1C. The Hall–Kier alpha value is -1.88. The molecule has 3 N–H and O–H groups in total. The number of hydrogen-bond acceptors (Lipinski definition) is 4. The van der Waals surface area contributed by atoms with Gasteiger partial charge in [0.25, 0.3) is 0 Å². The molecular formula is C14H15FN2OS. The van der Waals surface area contributed by atoms with Crippen LogP contribution in [0.25, 0.3) is 0 Å². The van der Waals surface area contributed by atoms with Crippen molar-refractivity contribution in [2.24, 2.45) is 0 Å². The van der Waals surface area contributed by atoms with E-state index in [4.69, 9.17) is 10.5 Å². The zero-order chi connectivity index (χ0) is 13.8. The summed E-state index contributed by atoms with van der Waals surface area (Å²) in [7, 11) is 1.61. The van der Waals surface area contributed by atoms with E-state index < -0.39 is 0 Å². The quantitative estimate of drug-likeness (QED) is 0.659. The summed E-state index contributed by atoms with van der Waals surface area (Å²) in [5.74, 6) is 0.501. The number of nitrogens with two attached hydrogens (primary N) is 1. The average molecular weight is 278 g/mol. The molecular weight excluding hydrogens is 263 g/mol. The number of methoxy groups -OCH3 is 1. The lowest BCUT2D eigenvalue weighted by molar-refractivity contribution is 0.405. The molecule has 19 heavy (non-hydrogen) atoms. The van der Waals surface area contributed by atoms with Gasteiger partial charge in [0, 0.05) is 11.4 Å². The normalized spacial score (nSPS) is 10.3. The zero-order valence-electron chi connectivity index (χ0n) is 10.7. The first-order chi connectivity index (χ1) is 9.10. The predicted molar refractivity (Wildman–Crippen MR) is 78.0 cm³/mol.